The summed E-state index contributed by atoms with van der Waals surface area (Å²) in [6.07, 6.45) is 2.84. The van der Waals surface area contributed by atoms with Crippen molar-refractivity contribution in [2.24, 2.45) is 0 Å². The molecule has 1 aromatic rings. The molecular formula is C11H13ClN2O3. The van der Waals surface area contributed by atoms with Crippen LogP contribution in [0.5, 0.6) is 0 Å². The van der Waals surface area contributed by atoms with E-state index in [9.17, 15) is 15.2 Å². The van der Waals surface area contributed by atoms with Crippen LogP contribution in [0.1, 0.15) is 19.3 Å². The molecule has 0 saturated heterocycles. The molecule has 0 atom stereocenters. The minimum Gasteiger partial charge on any atom is -0.394 e. The van der Waals surface area contributed by atoms with Crippen molar-refractivity contribution in [3.63, 3.8) is 0 Å². The second kappa shape index (κ2) is 4.50. The molecule has 2 N–H and O–H groups in total. The van der Waals surface area contributed by atoms with Gasteiger partial charge >= 0.3 is 0 Å². The average Bonchev–Trinajstić information content (AvgIpc) is 2.25. The summed E-state index contributed by atoms with van der Waals surface area (Å²) in [5.74, 6) is 0. The number of benzene rings is 1. The highest BCUT2D eigenvalue weighted by molar-refractivity contribution is 6.33. The predicted octanol–water partition coefficient (Wildman–Crippen LogP) is 2.58. The van der Waals surface area contributed by atoms with Crippen LogP contribution in [-0.2, 0) is 0 Å². The molecule has 1 saturated carbocycles. The Hall–Kier alpha value is -1.33. The van der Waals surface area contributed by atoms with Gasteiger partial charge in [-0.05, 0) is 25.3 Å². The summed E-state index contributed by atoms with van der Waals surface area (Å²) < 4.78 is 0. The number of anilines is 1. The first-order valence-corrected chi connectivity index (χ1v) is 5.77. The molecule has 0 amide bonds. The van der Waals surface area contributed by atoms with Crippen molar-refractivity contribution in [2.75, 3.05) is 11.9 Å². The highest BCUT2D eigenvalue weighted by atomic mass is 35.5. The third-order valence-corrected chi connectivity index (χ3v) is 3.49. The number of non-ortho nitro benzene ring substituents is 1. The lowest BCUT2D eigenvalue weighted by atomic mass is 9.77. The van der Waals surface area contributed by atoms with Gasteiger partial charge in [0.2, 0.25) is 0 Å². The Labute approximate surface area is 104 Å². The van der Waals surface area contributed by atoms with Crippen molar-refractivity contribution < 1.29 is 10.0 Å². The van der Waals surface area contributed by atoms with Gasteiger partial charge in [-0.1, -0.05) is 11.6 Å². The van der Waals surface area contributed by atoms with E-state index in [1.165, 1.54) is 12.1 Å². The fourth-order valence-electron chi connectivity index (χ4n) is 1.93. The SMILES string of the molecule is O=[N+]([O-])c1ccc(NC2(CO)CCC2)c(Cl)c1. The van der Waals surface area contributed by atoms with E-state index >= 15 is 0 Å². The molecule has 17 heavy (non-hydrogen) atoms. The normalized spacial score (nSPS) is 17.3. The van der Waals surface area contributed by atoms with Crippen molar-refractivity contribution in [1.82, 2.24) is 0 Å². The molecular weight excluding hydrogens is 244 g/mol. The fourth-order valence-corrected chi connectivity index (χ4v) is 2.15. The van der Waals surface area contributed by atoms with Gasteiger partial charge in [0.05, 0.1) is 27.8 Å². The maximum Gasteiger partial charge on any atom is 0.271 e. The summed E-state index contributed by atoms with van der Waals surface area (Å²) in [5, 5.41) is 23.4. The van der Waals surface area contributed by atoms with E-state index < -0.39 is 4.92 Å². The van der Waals surface area contributed by atoms with E-state index in [4.69, 9.17) is 11.6 Å². The first kappa shape index (κ1) is 12.1. The highest BCUT2D eigenvalue weighted by Crippen LogP contribution is 2.37. The Balaban J connectivity index is 2.19. The summed E-state index contributed by atoms with van der Waals surface area (Å²) in [5.41, 5.74) is 0.290. The first-order chi connectivity index (χ1) is 8.06. The van der Waals surface area contributed by atoms with Crippen LogP contribution in [0.15, 0.2) is 18.2 Å². The quantitative estimate of drug-likeness (QED) is 0.641. The van der Waals surface area contributed by atoms with Gasteiger partial charge in [0.1, 0.15) is 0 Å². The Bertz CT molecular complexity index is 441. The fraction of sp³-hybridized carbons (Fsp3) is 0.455. The van der Waals surface area contributed by atoms with Crippen molar-refractivity contribution >= 4 is 23.0 Å². The Morgan fingerprint density at radius 3 is 2.65 bits per heavy atom. The minimum atomic E-state index is -0.485. The smallest absolute Gasteiger partial charge is 0.271 e. The van der Waals surface area contributed by atoms with E-state index in [1.807, 2.05) is 0 Å². The van der Waals surface area contributed by atoms with Gasteiger partial charge < -0.3 is 10.4 Å². The maximum absolute atomic E-state index is 10.6. The Morgan fingerprint density at radius 1 is 1.53 bits per heavy atom. The van der Waals surface area contributed by atoms with Gasteiger partial charge in [-0.3, -0.25) is 10.1 Å². The highest BCUT2D eigenvalue weighted by Gasteiger charge is 2.36. The van der Waals surface area contributed by atoms with E-state index in [1.54, 1.807) is 6.07 Å². The monoisotopic (exact) mass is 256 g/mol. The molecule has 1 fully saturated rings. The van der Waals surface area contributed by atoms with Crippen LogP contribution in [0.4, 0.5) is 11.4 Å². The topological polar surface area (TPSA) is 75.4 Å². The van der Waals surface area contributed by atoms with Crippen LogP contribution in [0.3, 0.4) is 0 Å². The lowest BCUT2D eigenvalue weighted by Crippen LogP contribution is -2.48. The lowest BCUT2D eigenvalue weighted by Gasteiger charge is -2.42. The van der Waals surface area contributed by atoms with Crippen molar-refractivity contribution in [1.29, 1.82) is 0 Å². The van der Waals surface area contributed by atoms with Crippen molar-refractivity contribution in [3.05, 3.63) is 33.3 Å². The molecule has 6 heteroatoms. The number of hydrogen-bond acceptors (Lipinski definition) is 4. The summed E-state index contributed by atoms with van der Waals surface area (Å²) in [6.45, 7) is 0.0420. The van der Waals surface area contributed by atoms with Gasteiger partial charge in [0.15, 0.2) is 0 Å². The second-order valence-electron chi connectivity index (χ2n) is 4.34. The minimum absolute atomic E-state index is 0.0350. The Kier molecular flexibility index (Phi) is 3.22. The number of aliphatic hydroxyl groups is 1. The zero-order valence-corrected chi connectivity index (χ0v) is 9.91. The van der Waals surface area contributed by atoms with Gasteiger partial charge in [0, 0.05) is 12.1 Å². The van der Waals surface area contributed by atoms with Crippen LogP contribution < -0.4 is 5.32 Å². The molecule has 1 aliphatic carbocycles. The van der Waals surface area contributed by atoms with E-state index in [0.29, 0.717) is 10.7 Å². The second-order valence-corrected chi connectivity index (χ2v) is 4.75. The van der Waals surface area contributed by atoms with Gasteiger partial charge in [-0.25, -0.2) is 0 Å². The first-order valence-electron chi connectivity index (χ1n) is 5.39. The molecule has 0 bridgehead atoms. The molecule has 92 valence electrons. The average molecular weight is 257 g/mol. The number of nitrogens with one attached hydrogen (secondary N) is 1. The summed E-state index contributed by atoms with van der Waals surface area (Å²) in [7, 11) is 0. The lowest BCUT2D eigenvalue weighted by molar-refractivity contribution is -0.384. The molecule has 2 rings (SSSR count). The summed E-state index contributed by atoms with van der Waals surface area (Å²) in [4.78, 5) is 10.1. The van der Waals surface area contributed by atoms with Crippen LogP contribution in [-0.4, -0.2) is 22.2 Å². The van der Waals surface area contributed by atoms with Crippen LogP contribution >= 0.6 is 11.6 Å². The predicted molar refractivity (Wildman–Crippen MR) is 65.4 cm³/mol. The Morgan fingerprint density at radius 2 is 2.24 bits per heavy atom. The number of nitro groups is 1. The number of halogens is 1. The molecule has 0 radical (unpaired) electrons. The van der Waals surface area contributed by atoms with E-state index in [-0.39, 0.29) is 17.8 Å². The molecule has 0 unspecified atom stereocenters. The van der Waals surface area contributed by atoms with Crippen LogP contribution in [0.2, 0.25) is 5.02 Å². The molecule has 1 aliphatic rings. The molecule has 0 aliphatic heterocycles. The molecule has 0 aromatic heterocycles. The molecule has 5 nitrogen and oxygen atoms in total. The number of hydrogen-bond donors (Lipinski definition) is 2. The number of rotatable bonds is 4. The number of aliphatic hydroxyl groups excluding tert-OH is 1. The maximum atomic E-state index is 10.6. The van der Waals surface area contributed by atoms with Crippen LogP contribution in [0.25, 0.3) is 0 Å². The summed E-state index contributed by atoms with van der Waals surface area (Å²) >= 11 is 5.97. The molecule has 0 heterocycles. The zero-order chi connectivity index (χ0) is 12.5. The van der Waals surface area contributed by atoms with Crippen molar-refractivity contribution in [2.45, 2.75) is 24.8 Å². The van der Waals surface area contributed by atoms with E-state index in [2.05, 4.69) is 5.32 Å². The standard InChI is InChI=1S/C11H13ClN2O3/c12-9-6-8(14(16)17)2-3-10(9)13-11(7-15)4-1-5-11/h2-3,6,13,15H,1,4-5,7H2. The number of nitrogens with zero attached hydrogens (tertiary/aromatic N) is 1. The zero-order valence-electron chi connectivity index (χ0n) is 9.15. The third kappa shape index (κ3) is 2.35. The molecule has 1 aromatic carbocycles. The third-order valence-electron chi connectivity index (χ3n) is 3.18. The van der Waals surface area contributed by atoms with Gasteiger partial charge in [-0.15, -0.1) is 0 Å². The van der Waals surface area contributed by atoms with Gasteiger partial charge in [0.25, 0.3) is 5.69 Å². The molecule has 0 spiro atoms. The van der Waals surface area contributed by atoms with E-state index in [0.717, 1.165) is 19.3 Å². The van der Waals surface area contributed by atoms with Crippen LogP contribution in [0, 0.1) is 10.1 Å². The van der Waals surface area contributed by atoms with Crippen molar-refractivity contribution in [3.8, 4) is 0 Å². The summed E-state index contributed by atoms with van der Waals surface area (Å²) in [6, 6.07) is 4.29. The van der Waals surface area contributed by atoms with Gasteiger partial charge in [-0.2, -0.15) is 0 Å². The largest absolute Gasteiger partial charge is 0.394 e. The number of nitro benzene ring substituents is 1.